The Balaban J connectivity index is 1.73. The molecule has 5 heteroatoms. The Bertz CT molecular complexity index is 842. The minimum Gasteiger partial charge on any atom is -0.326 e. The van der Waals surface area contributed by atoms with E-state index in [-0.39, 0.29) is 18.1 Å². The molecule has 1 amide bonds. The van der Waals surface area contributed by atoms with Crippen molar-refractivity contribution in [2.24, 2.45) is 0 Å². The molecule has 2 N–H and O–H groups in total. The number of amides is 1. The lowest BCUT2D eigenvalue weighted by atomic mass is 10.1. The maximum Gasteiger partial charge on any atom is 0.228 e. The highest BCUT2D eigenvalue weighted by Gasteiger charge is 2.09. The molecule has 2 aromatic carbocycles. The minimum atomic E-state index is -0.372. The van der Waals surface area contributed by atoms with Gasteiger partial charge >= 0.3 is 0 Å². The van der Waals surface area contributed by atoms with Crippen molar-refractivity contribution in [1.29, 1.82) is 0 Å². The van der Waals surface area contributed by atoms with E-state index in [9.17, 15) is 9.18 Å². The molecule has 0 saturated heterocycles. The average molecular weight is 309 g/mol. The van der Waals surface area contributed by atoms with Gasteiger partial charge in [0.25, 0.3) is 0 Å². The van der Waals surface area contributed by atoms with E-state index >= 15 is 0 Å². The number of carbonyl (C=O) groups excluding carboxylic acids is 1. The number of aryl methyl sites for hydroxylation is 1. The van der Waals surface area contributed by atoms with Crippen LogP contribution in [0.3, 0.4) is 0 Å². The monoisotopic (exact) mass is 309 g/mol. The Kier molecular flexibility index (Phi) is 4.19. The van der Waals surface area contributed by atoms with E-state index in [2.05, 4.69) is 15.5 Å². The van der Waals surface area contributed by atoms with E-state index in [0.717, 1.165) is 17.0 Å². The van der Waals surface area contributed by atoms with Gasteiger partial charge in [0.15, 0.2) is 0 Å². The van der Waals surface area contributed by atoms with Crippen LogP contribution < -0.4 is 5.32 Å². The molecule has 116 valence electrons. The Morgan fingerprint density at radius 1 is 1.17 bits per heavy atom. The van der Waals surface area contributed by atoms with Crippen LogP contribution in [0.1, 0.15) is 11.3 Å². The van der Waals surface area contributed by atoms with E-state index in [1.54, 1.807) is 24.3 Å². The first-order chi connectivity index (χ1) is 11.1. The average Bonchev–Trinajstić information content (AvgIpc) is 2.96. The smallest absolute Gasteiger partial charge is 0.228 e. The number of carbonyl (C=O) groups is 1. The lowest BCUT2D eigenvalue weighted by Gasteiger charge is -2.07. The molecule has 3 rings (SSSR count). The zero-order chi connectivity index (χ0) is 16.2. The molecule has 3 aromatic rings. The third-order valence-corrected chi connectivity index (χ3v) is 3.46. The number of hydrogen-bond donors (Lipinski definition) is 2. The first kappa shape index (κ1) is 15.0. The van der Waals surface area contributed by atoms with E-state index in [4.69, 9.17) is 0 Å². The first-order valence-corrected chi connectivity index (χ1v) is 7.27. The molecule has 0 aliphatic carbocycles. The maximum atomic E-state index is 13.6. The molecule has 0 fully saturated rings. The van der Waals surface area contributed by atoms with Crippen LogP contribution in [0.25, 0.3) is 11.3 Å². The fraction of sp³-hybridized carbons (Fsp3) is 0.111. The fourth-order valence-electron chi connectivity index (χ4n) is 2.34. The molecule has 23 heavy (non-hydrogen) atoms. The van der Waals surface area contributed by atoms with Crippen LogP contribution in [0.2, 0.25) is 0 Å². The van der Waals surface area contributed by atoms with Crippen molar-refractivity contribution in [3.05, 3.63) is 71.7 Å². The summed E-state index contributed by atoms with van der Waals surface area (Å²) in [5.41, 5.74) is 3.72. The second kappa shape index (κ2) is 6.44. The van der Waals surface area contributed by atoms with Crippen molar-refractivity contribution >= 4 is 11.6 Å². The number of anilines is 1. The lowest BCUT2D eigenvalue weighted by molar-refractivity contribution is -0.115. The lowest BCUT2D eigenvalue weighted by Crippen LogP contribution is -2.15. The Hall–Kier alpha value is -2.95. The molecule has 0 saturated carbocycles. The van der Waals surface area contributed by atoms with Gasteiger partial charge in [-0.3, -0.25) is 9.89 Å². The fourth-order valence-corrected chi connectivity index (χ4v) is 2.34. The van der Waals surface area contributed by atoms with Gasteiger partial charge in [-0.05, 0) is 36.8 Å². The Labute approximate surface area is 133 Å². The van der Waals surface area contributed by atoms with Gasteiger partial charge in [-0.2, -0.15) is 5.10 Å². The van der Waals surface area contributed by atoms with Gasteiger partial charge in [-0.25, -0.2) is 4.39 Å². The molecule has 0 aliphatic rings. The largest absolute Gasteiger partial charge is 0.326 e. The number of H-pyrrole nitrogens is 1. The zero-order valence-corrected chi connectivity index (χ0v) is 12.6. The first-order valence-electron chi connectivity index (χ1n) is 7.27. The number of benzene rings is 2. The molecule has 0 spiro atoms. The summed E-state index contributed by atoms with van der Waals surface area (Å²) in [6.07, 6.45) is -0.00157. The van der Waals surface area contributed by atoms with E-state index in [1.807, 2.05) is 31.2 Å². The van der Waals surface area contributed by atoms with Crippen molar-refractivity contribution in [2.45, 2.75) is 13.3 Å². The van der Waals surface area contributed by atoms with Gasteiger partial charge in [0.1, 0.15) is 5.82 Å². The highest BCUT2D eigenvalue weighted by molar-refractivity contribution is 5.92. The predicted molar refractivity (Wildman–Crippen MR) is 87.5 cm³/mol. The summed E-state index contributed by atoms with van der Waals surface area (Å²) >= 11 is 0. The van der Waals surface area contributed by atoms with Crippen LogP contribution in [0, 0.1) is 12.7 Å². The molecule has 1 aromatic heterocycles. The van der Waals surface area contributed by atoms with Crippen LogP contribution in [-0.2, 0) is 11.2 Å². The molecule has 0 radical (unpaired) electrons. The van der Waals surface area contributed by atoms with Crippen LogP contribution in [0.5, 0.6) is 0 Å². The summed E-state index contributed by atoms with van der Waals surface area (Å²) in [6.45, 7) is 1.93. The van der Waals surface area contributed by atoms with Crippen LogP contribution in [-0.4, -0.2) is 16.1 Å². The maximum absolute atomic E-state index is 13.6. The second-order valence-corrected chi connectivity index (χ2v) is 5.33. The van der Waals surface area contributed by atoms with Crippen LogP contribution in [0.15, 0.2) is 54.6 Å². The molecular formula is C18H16FN3O. The molecule has 0 aliphatic heterocycles. The van der Waals surface area contributed by atoms with Crippen molar-refractivity contribution < 1.29 is 9.18 Å². The number of hydrogen-bond acceptors (Lipinski definition) is 2. The summed E-state index contributed by atoms with van der Waals surface area (Å²) in [6, 6.07) is 15.6. The second-order valence-electron chi connectivity index (χ2n) is 5.33. The summed E-state index contributed by atoms with van der Waals surface area (Å²) in [7, 11) is 0. The van der Waals surface area contributed by atoms with Gasteiger partial charge in [-0.15, -0.1) is 0 Å². The molecule has 0 bridgehead atoms. The zero-order valence-electron chi connectivity index (χ0n) is 12.6. The van der Waals surface area contributed by atoms with Crippen LogP contribution in [0.4, 0.5) is 10.1 Å². The predicted octanol–water partition coefficient (Wildman–Crippen LogP) is 3.71. The number of aromatic nitrogens is 2. The van der Waals surface area contributed by atoms with E-state index in [1.165, 1.54) is 6.07 Å². The van der Waals surface area contributed by atoms with Gasteiger partial charge < -0.3 is 5.32 Å². The van der Waals surface area contributed by atoms with Gasteiger partial charge in [0.2, 0.25) is 5.91 Å². The van der Waals surface area contributed by atoms with Crippen molar-refractivity contribution in [3.63, 3.8) is 0 Å². The molecule has 0 atom stereocenters. The number of aromatic amines is 1. The minimum absolute atomic E-state index is 0.00157. The van der Waals surface area contributed by atoms with Gasteiger partial charge in [0, 0.05) is 16.9 Å². The summed E-state index contributed by atoms with van der Waals surface area (Å²) in [5, 5.41) is 9.88. The van der Waals surface area contributed by atoms with Gasteiger partial charge in [-0.1, -0.05) is 30.3 Å². The van der Waals surface area contributed by atoms with E-state index < -0.39 is 0 Å². The van der Waals surface area contributed by atoms with Crippen molar-refractivity contribution in [2.75, 3.05) is 5.32 Å². The molecular weight excluding hydrogens is 293 g/mol. The van der Waals surface area contributed by atoms with Crippen molar-refractivity contribution in [1.82, 2.24) is 10.2 Å². The standard InChI is InChI=1S/C18H16FN3O/c1-12-9-17(22-21-12)14-6-4-7-15(10-14)20-18(23)11-13-5-2-3-8-16(13)19/h2-10H,11H2,1H3,(H,20,23)(H,21,22). The highest BCUT2D eigenvalue weighted by Crippen LogP contribution is 2.21. The number of nitrogens with zero attached hydrogens (tertiary/aromatic N) is 1. The number of halogens is 1. The molecule has 4 nitrogen and oxygen atoms in total. The van der Waals surface area contributed by atoms with Crippen molar-refractivity contribution in [3.8, 4) is 11.3 Å². The summed E-state index contributed by atoms with van der Waals surface area (Å²) in [5.74, 6) is -0.631. The normalized spacial score (nSPS) is 10.5. The third kappa shape index (κ3) is 3.63. The molecule has 1 heterocycles. The van der Waals surface area contributed by atoms with Gasteiger partial charge in [0.05, 0.1) is 12.1 Å². The summed E-state index contributed by atoms with van der Waals surface area (Å²) < 4.78 is 13.6. The highest BCUT2D eigenvalue weighted by atomic mass is 19.1. The molecule has 0 unspecified atom stereocenters. The SMILES string of the molecule is Cc1cc(-c2cccc(NC(=O)Cc3ccccc3F)c2)n[nH]1. The third-order valence-electron chi connectivity index (χ3n) is 3.46. The number of nitrogens with one attached hydrogen (secondary N) is 2. The van der Waals surface area contributed by atoms with E-state index in [0.29, 0.717) is 11.3 Å². The topological polar surface area (TPSA) is 57.8 Å². The van der Waals surface area contributed by atoms with Crippen LogP contribution >= 0.6 is 0 Å². The quantitative estimate of drug-likeness (QED) is 0.772. The Morgan fingerprint density at radius 2 is 2.00 bits per heavy atom. The summed E-state index contributed by atoms with van der Waals surface area (Å²) in [4.78, 5) is 12.1. The Morgan fingerprint density at radius 3 is 2.74 bits per heavy atom. The number of rotatable bonds is 4.